The molecule has 1 aliphatic rings. The maximum Gasteiger partial charge on any atom is 0.287 e. The van der Waals surface area contributed by atoms with E-state index >= 15 is 0 Å². The molecule has 2 rings (SSSR count). The minimum atomic E-state index is -0.658. The number of benzene rings is 1. The lowest BCUT2D eigenvalue weighted by atomic mass is 9.80. The number of amides is 1. The van der Waals surface area contributed by atoms with Crippen molar-refractivity contribution in [2.75, 3.05) is 6.54 Å². The molecule has 144 valence electrons. The average Bonchev–Trinajstić information content (AvgIpc) is 2.63. The first-order valence-electron chi connectivity index (χ1n) is 9.24. The van der Waals surface area contributed by atoms with E-state index in [2.05, 4.69) is 5.32 Å². The highest BCUT2D eigenvalue weighted by molar-refractivity contribution is 6.38. The molecule has 1 heterocycles. The SMILES string of the molecule is CC(C)C(CC(=O)C(=O)Cc1ccccc1)C(=O)CC1CCNC(=O)C1=O. The highest BCUT2D eigenvalue weighted by Crippen LogP contribution is 2.24. The van der Waals surface area contributed by atoms with Crippen molar-refractivity contribution in [3.8, 4) is 0 Å². The fourth-order valence-corrected chi connectivity index (χ4v) is 3.27. The Morgan fingerprint density at radius 3 is 2.37 bits per heavy atom. The van der Waals surface area contributed by atoms with E-state index in [1.807, 2.05) is 19.9 Å². The molecule has 0 aliphatic carbocycles. The van der Waals surface area contributed by atoms with Crippen molar-refractivity contribution < 1.29 is 24.0 Å². The third-order valence-corrected chi connectivity index (χ3v) is 4.96. The highest BCUT2D eigenvalue weighted by atomic mass is 16.2. The topological polar surface area (TPSA) is 97.4 Å². The predicted molar refractivity (Wildman–Crippen MR) is 98.9 cm³/mol. The van der Waals surface area contributed by atoms with Crippen molar-refractivity contribution in [1.29, 1.82) is 0 Å². The summed E-state index contributed by atoms with van der Waals surface area (Å²) in [6.45, 7) is 3.99. The Morgan fingerprint density at radius 1 is 1.07 bits per heavy atom. The fourth-order valence-electron chi connectivity index (χ4n) is 3.27. The number of carbonyl (C=O) groups is 5. The largest absolute Gasteiger partial charge is 0.349 e. The van der Waals surface area contributed by atoms with Crippen LogP contribution in [0.3, 0.4) is 0 Å². The fraction of sp³-hybridized carbons (Fsp3) is 0.476. The number of hydrogen-bond donors (Lipinski definition) is 1. The van der Waals surface area contributed by atoms with E-state index < -0.39 is 35.1 Å². The van der Waals surface area contributed by atoms with Gasteiger partial charge in [0.05, 0.1) is 0 Å². The lowest BCUT2D eigenvalue weighted by molar-refractivity contribution is -0.143. The van der Waals surface area contributed by atoms with Gasteiger partial charge in [-0.15, -0.1) is 0 Å². The molecule has 1 aromatic carbocycles. The van der Waals surface area contributed by atoms with Crippen LogP contribution in [-0.2, 0) is 30.4 Å². The Bertz CT molecular complexity index is 738. The third-order valence-electron chi connectivity index (χ3n) is 4.96. The molecule has 1 saturated heterocycles. The molecule has 0 spiro atoms. The molecular weight excluding hydrogens is 346 g/mol. The van der Waals surface area contributed by atoms with E-state index in [9.17, 15) is 24.0 Å². The van der Waals surface area contributed by atoms with Crippen LogP contribution < -0.4 is 5.32 Å². The van der Waals surface area contributed by atoms with Crippen LogP contribution in [0.25, 0.3) is 0 Å². The van der Waals surface area contributed by atoms with Crippen LogP contribution in [0, 0.1) is 17.8 Å². The number of carbonyl (C=O) groups excluding carboxylic acids is 5. The molecule has 0 radical (unpaired) electrons. The van der Waals surface area contributed by atoms with Crippen LogP contribution in [0.4, 0.5) is 0 Å². The molecule has 2 unspecified atom stereocenters. The van der Waals surface area contributed by atoms with Crippen LogP contribution in [0.5, 0.6) is 0 Å². The minimum Gasteiger partial charge on any atom is -0.349 e. The summed E-state index contributed by atoms with van der Waals surface area (Å²) in [5, 5.41) is 2.46. The van der Waals surface area contributed by atoms with Crippen molar-refractivity contribution in [1.82, 2.24) is 5.32 Å². The zero-order chi connectivity index (χ0) is 20.0. The molecule has 1 fully saturated rings. The van der Waals surface area contributed by atoms with Crippen molar-refractivity contribution in [2.45, 2.75) is 39.5 Å². The quantitative estimate of drug-likeness (QED) is 0.666. The summed E-state index contributed by atoms with van der Waals surface area (Å²) in [4.78, 5) is 60.6. The molecule has 1 aliphatic heterocycles. The van der Waals surface area contributed by atoms with Crippen LogP contribution in [0.2, 0.25) is 0 Å². The summed E-state index contributed by atoms with van der Waals surface area (Å²) >= 11 is 0. The number of hydrogen-bond acceptors (Lipinski definition) is 5. The molecule has 2 atom stereocenters. The maximum atomic E-state index is 12.7. The van der Waals surface area contributed by atoms with Gasteiger partial charge in [-0.3, -0.25) is 24.0 Å². The van der Waals surface area contributed by atoms with Gasteiger partial charge in [0.1, 0.15) is 5.78 Å². The maximum absolute atomic E-state index is 12.7. The van der Waals surface area contributed by atoms with Crippen LogP contribution in [0.1, 0.15) is 38.7 Å². The lowest BCUT2D eigenvalue weighted by Gasteiger charge is -2.24. The molecule has 1 N–H and O–H groups in total. The van der Waals surface area contributed by atoms with Crippen LogP contribution >= 0.6 is 0 Å². The normalized spacial score (nSPS) is 18.1. The molecule has 0 bridgehead atoms. The lowest BCUT2D eigenvalue weighted by Crippen LogP contribution is -2.43. The Labute approximate surface area is 158 Å². The van der Waals surface area contributed by atoms with Gasteiger partial charge in [-0.1, -0.05) is 44.2 Å². The second kappa shape index (κ2) is 9.35. The van der Waals surface area contributed by atoms with Gasteiger partial charge in [-0.25, -0.2) is 0 Å². The van der Waals surface area contributed by atoms with E-state index in [-0.39, 0.29) is 31.0 Å². The Kier molecular flexibility index (Phi) is 7.16. The van der Waals surface area contributed by atoms with Gasteiger partial charge in [0, 0.05) is 37.6 Å². The molecule has 6 nitrogen and oxygen atoms in total. The second-order valence-corrected chi connectivity index (χ2v) is 7.34. The van der Waals surface area contributed by atoms with Crippen LogP contribution in [-0.4, -0.2) is 35.6 Å². The first kappa shape index (κ1) is 20.7. The van der Waals surface area contributed by atoms with Crippen molar-refractivity contribution in [3.63, 3.8) is 0 Å². The molecule has 27 heavy (non-hydrogen) atoms. The monoisotopic (exact) mass is 371 g/mol. The van der Waals surface area contributed by atoms with Gasteiger partial charge < -0.3 is 5.32 Å². The van der Waals surface area contributed by atoms with Crippen LogP contribution in [0.15, 0.2) is 30.3 Å². The van der Waals surface area contributed by atoms with E-state index in [0.717, 1.165) is 5.56 Å². The number of piperidine rings is 1. The molecule has 6 heteroatoms. The third kappa shape index (κ3) is 5.67. The van der Waals surface area contributed by atoms with Gasteiger partial charge in [-0.05, 0) is 17.9 Å². The van der Waals surface area contributed by atoms with Gasteiger partial charge in [0.2, 0.25) is 11.6 Å². The van der Waals surface area contributed by atoms with Crippen molar-refractivity contribution >= 4 is 29.0 Å². The van der Waals surface area contributed by atoms with Crippen molar-refractivity contribution in [3.05, 3.63) is 35.9 Å². The Morgan fingerprint density at radius 2 is 1.74 bits per heavy atom. The van der Waals surface area contributed by atoms with Crippen molar-refractivity contribution in [2.24, 2.45) is 17.8 Å². The Balaban J connectivity index is 1.98. The first-order valence-corrected chi connectivity index (χ1v) is 9.24. The van der Waals surface area contributed by atoms with Gasteiger partial charge in [0.25, 0.3) is 5.91 Å². The molecule has 0 saturated carbocycles. The van der Waals surface area contributed by atoms with E-state index in [1.54, 1.807) is 24.3 Å². The van der Waals surface area contributed by atoms with Gasteiger partial charge in [0.15, 0.2) is 5.78 Å². The summed E-state index contributed by atoms with van der Waals surface area (Å²) < 4.78 is 0. The standard InChI is InChI=1S/C21H25NO5/c1-13(2)16(17(23)11-15-8-9-22-21(27)20(15)26)12-19(25)18(24)10-14-6-4-3-5-7-14/h3-7,13,15-16H,8-12H2,1-2H3,(H,22,27). The van der Waals surface area contributed by atoms with Gasteiger partial charge >= 0.3 is 0 Å². The number of Topliss-reactive ketones (excluding diaryl/α,β-unsaturated/α-hetero) is 4. The van der Waals surface area contributed by atoms with E-state index in [1.165, 1.54) is 0 Å². The smallest absolute Gasteiger partial charge is 0.287 e. The summed E-state index contributed by atoms with van der Waals surface area (Å²) in [5.74, 6) is -3.97. The summed E-state index contributed by atoms with van der Waals surface area (Å²) in [5.41, 5.74) is 0.752. The predicted octanol–water partition coefficient (Wildman–Crippen LogP) is 1.69. The highest BCUT2D eigenvalue weighted by Gasteiger charge is 2.34. The van der Waals surface area contributed by atoms with E-state index in [0.29, 0.717) is 13.0 Å². The Hall–Kier alpha value is -2.63. The zero-order valence-electron chi connectivity index (χ0n) is 15.7. The second-order valence-electron chi connectivity index (χ2n) is 7.34. The van der Waals surface area contributed by atoms with E-state index in [4.69, 9.17) is 0 Å². The molecule has 1 aromatic rings. The van der Waals surface area contributed by atoms with Gasteiger partial charge in [-0.2, -0.15) is 0 Å². The zero-order valence-corrected chi connectivity index (χ0v) is 15.7. The summed E-state index contributed by atoms with van der Waals surface area (Å²) in [6.07, 6.45) is 0.215. The first-order chi connectivity index (χ1) is 12.8. The average molecular weight is 371 g/mol. The number of rotatable bonds is 9. The summed E-state index contributed by atoms with van der Waals surface area (Å²) in [6, 6.07) is 8.97. The number of ketones is 4. The number of nitrogens with one attached hydrogen (secondary N) is 1. The minimum absolute atomic E-state index is 0.0139. The molecular formula is C21H25NO5. The molecule has 0 aromatic heterocycles. The summed E-state index contributed by atoms with van der Waals surface area (Å²) in [7, 11) is 0. The molecule has 1 amide bonds.